The maximum atomic E-state index is 13.1. The molecule has 0 aliphatic carbocycles. The van der Waals surface area contributed by atoms with Crippen LogP contribution >= 0.6 is 39.0 Å². The minimum absolute atomic E-state index is 0.209. The molecule has 21 heavy (non-hydrogen) atoms. The molecule has 2 aromatic carbocycles. The Hall–Kier alpha value is -1.10. The van der Waals surface area contributed by atoms with Crippen molar-refractivity contribution in [2.75, 3.05) is 6.26 Å². The average Bonchev–Trinajstić information content (AvgIpc) is 2.90. The highest BCUT2D eigenvalue weighted by Gasteiger charge is 2.12. The van der Waals surface area contributed by atoms with E-state index in [2.05, 4.69) is 52.5 Å². The maximum absolute atomic E-state index is 13.1. The van der Waals surface area contributed by atoms with Crippen LogP contribution in [0, 0.1) is 5.82 Å². The second kappa shape index (κ2) is 6.34. The third kappa shape index (κ3) is 3.23. The maximum Gasteiger partial charge on any atom is 0.123 e. The average molecular weight is 379 g/mol. The quantitative estimate of drug-likeness (QED) is 0.456. The van der Waals surface area contributed by atoms with Crippen LogP contribution in [0.1, 0.15) is 0 Å². The number of halogens is 2. The van der Waals surface area contributed by atoms with E-state index in [4.69, 9.17) is 0 Å². The van der Waals surface area contributed by atoms with Gasteiger partial charge in [-0.05, 0) is 63.6 Å². The molecule has 106 valence electrons. The fourth-order valence-corrected chi connectivity index (χ4v) is 4.20. The lowest BCUT2D eigenvalue weighted by molar-refractivity contribution is 0.628. The van der Waals surface area contributed by atoms with E-state index >= 15 is 0 Å². The van der Waals surface area contributed by atoms with Gasteiger partial charge in [-0.15, -0.1) is 23.1 Å². The summed E-state index contributed by atoms with van der Waals surface area (Å²) in [6, 6.07) is 17.3. The van der Waals surface area contributed by atoms with Crippen molar-refractivity contribution in [3.63, 3.8) is 0 Å². The van der Waals surface area contributed by atoms with Crippen molar-refractivity contribution in [1.82, 2.24) is 0 Å². The molecule has 3 rings (SSSR count). The third-order valence-electron chi connectivity index (χ3n) is 3.21. The molecular weight excluding hydrogens is 367 g/mol. The topological polar surface area (TPSA) is 0 Å². The number of rotatable bonds is 3. The van der Waals surface area contributed by atoms with Crippen molar-refractivity contribution in [3.8, 4) is 21.6 Å². The van der Waals surface area contributed by atoms with Crippen LogP contribution < -0.4 is 0 Å². The zero-order valence-electron chi connectivity index (χ0n) is 11.3. The number of hydrogen-bond acceptors (Lipinski definition) is 2. The molecule has 0 bridgehead atoms. The van der Waals surface area contributed by atoms with Crippen molar-refractivity contribution < 1.29 is 4.39 Å². The van der Waals surface area contributed by atoms with Gasteiger partial charge in [-0.2, -0.15) is 0 Å². The zero-order chi connectivity index (χ0) is 14.8. The summed E-state index contributed by atoms with van der Waals surface area (Å²) >= 11 is 6.99. The van der Waals surface area contributed by atoms with Crippen molar-refractivity contribution >= 4 is 39.0 Å². The molecule has 0 radical (unpaired) electrons. The van der Waals surface area contributed by atoms with Gasteiger partial charge in [0.1, 0.15) is 5.82 Å². The zero-order valence-corrected chi connectivity index (χ0v) is 14.5. The molecule has 0 spiro atoms. The molecule has 0 saturated heterocycles. The van der Waals surface area contributed by atoms with Crippen LogP contribution in [-0.2, 0) is 0 Å². The van der Waals surface area contributed by atoms with Crippen LogP contribution in [0.2, 0.25) is 0 Å². The SMILES string of the molecule is CSc1ccc(-c2sc(Br)cc2-c2ccc(F)cc2)cc1. The van der Waals surface area contributed by atoms with Crippen molar-refractivity contribution in [2.24, 2.45) is 0 Å². The number of thioether (sulfide) groups is 1. The largest absolute Gasteiger partial charge is 0.207 e. The van der Waals surface area contributed by atoms with Gasteiger partial charge in [-0.1, -0.05) is 24.3 Å². The van der Waals surface area contributed by atoms with Crippen LogP contribution in [0.25, 0.3) is 21.6 Å². The van der Waals surface area contributed by atoms with Gasteiger partial charge in [0.2, 0.25) is 0 Å². The van der Waals surface area contributed by atoms with Crippen LogP contribution in [0.3, 0.4) is 0 Å². The molecule has 0 amide bonds. The van der Waals surface area contributed by atoms with E-state index in [-0.39, 0.29) is 5.82 Å². The first-order valence-electron chi connectivity index (χ1n) is 6.37. The second-order valence-electron chi connectivity index (χ2n) is 4.53. The van der Waals surface area contributed by atoms with E-state index in [1.165, 1.54) is 27.5 Å². The first kappa shape index (κ1) is 14.8. The first-order chi connectivity index (χ1) is 10.2. The molecule has 1 heterocycles. The summed E-state index contributed by atoms with van der Waals surface area (Å²) in [5.74, 6) is -0.209. The Balaban J connectivity index is 2.08. The molecule has 0 fully saturated rings. The number of benzene rings is 2. The lowest BCUT2D eigenvalue weighted by Crippen LogP contribution is -1.80. The van der Waals surface area contributed by atoms with Gasteiger partial charge in [-0.25, -0.2) is 4.39 Å². The Morgan fingerprint density at radius 2 is 1.57 bits per heavy atom. The number of thiophene rings is 1. The molecule has 1 aromatic heterocycles. The molecule has 0 unspecified atom stereocenters. The summed E-state index contributed by atoms with van der Waals surface area (Å²) in [7, 11) is 0. The van der Waals surface area contributed by atoms with Gasteiger partial charge in [-0.3, -0.25) is 0 Å². The van der Waals surface area contributed by atoms with Gasteiger partial charge in [0.05, 0.1) is 3.79 Å². The van der Waals surface area contributed by atoms with E-state index in [0.29, 0.717) is 0 Å². The minimum Gasteiger partial charge on any atom is -0.207 e. The predicted molar refractivity (Wildman–Crippen MR) is 94.6 cm³/mol. The molecular formula is C17H12BrFS2. The molecule has 4 heteroatoms. The molecule has 3 aromatic rings. The third-order valence-corrected chi connectivity index (χ3v) is 5.64. The summed E-state index contributed by atoms with van der Waals surface area (Å²) in [5.41, 5.74) is 3.34. The Kier molecular flexibility index (Phi) is 4.48. The molecule has 0 aliphatic rings. The fourth-order valence-electron chi connectivity index (χ4n) is 2.16. The van der Waals surface area contributed by atoms with E-state index < -0.39 is 0 Å². The minimum atomic E-state index is -0.209. The van der Waals surface area contributed by atoms with Gasteiger partial charge in [0.25, 0.3) is 0 Å². The van der Waals surface area contributed by atoms with Crippen LogP contribution in [0.4, 0.5) is 4.39 Å². The summed E-state index contributed by atoms with van der Waals surface area (Å²) in [4.78, 5) is 2.44. The molecule has 0 atom stereocenters. The van der Waals surface area contributed by atoms with Crippen LogP contribution in [0.5, 0.6) is 0 Å². The fraction of sp³-hybridized carbons (Fsp3) is 0.0588. The van der Waals surface area contributed by atoms with E-state index in [0.717, 1.165) is 14.9 Å². The van der Waals surface area contributed by atoms with Crippen molar-refractivity contribution in [3.05, 3.63) is 64.2 Å². The Morgan fingerprint density at radius 3 is 2.19 bits per heavy atom. The van der Waals surface area contributed by atoms with E-state index in [9.17, 15) is 4.39 Å². The van der Waals surface area contributed by atoms with Gasteiger partial charge in [0, 0.05) is 15.3 Å². The normalized spacial score (nSPS) is 10.8. The number of hydrogen-bond donors (Lipinski definition) is 0. The Morgan fingerprint density at radius 1 is 0.952 bits per heavy atom. The Bertz CT molecular complexity index is 745. The highest BCUT2D eigenvalue weighted by atomic mass is 79.9. The molecule has 0 saturated carbocycles. The van der Waals surface area contributed by atoms with E-state index in [1.807, 2.05) is 12.1 Å². The lowest BCUT2D eigenvalue weighted by Gasteiger charge is -2.05. The van der Waals surface area contributed by atoms with Gasteiger partial charge < -0.3 is 0 Å². The summed E-state index contributed by atoms with van der Waals surface area (Å²) in [6.07, 6.45) is 2.07. The molecule has 0 N–H and O–H groups in total. The van der Waals surface area contributed by atoms with Crippen molar-refractivity contribution in [1.29, 1.82) is 0 Å². The van der Waals surface area contributed by atoms with Crippen molar-refractivity contribution in [2.45, 2.75) is 4.90 Å². The van der Waals surface area contributed by atoms with Crippen LogP contribution in [0.15, 0.2) is 63.3 Å². The highest BCUT2D eigenvalue weighted by Crippen LogP contribution is 2.41. The first-order valence-corrected chi connectivity index (χ1v) is 9.20. The molecule has 0 aliphatic heterocycles. The standard InChI is InChI=1S/C17H12BrFS2/c1-20-14-8-4-12(5-9-14)17-15(10-16(18)21-17)11-2-6-13(19)7-3-11/h2-10H,1H3. The summed E-state index contributed by atoms with van der Waals surface area (Å²) in [5, 5.41) is 0. The summed E-state index contributed by atoms with van der Waals surface area (Å²) < 4.78 is 14.2. The smallest absolute Gasteiger partial charge is 0.123 e. The van der Waals surface area contributed by atoms with Gasteiger partial charge >= 0.3 is 0 Å². The highest BCUT2D eigenvalue weighted by molar-refractivity contribution is 9.11. The molecule has 0 nitrogen and oxygen atoms in total. The predicted octanol–water partition coefficient (Wildman–Crippen LogP) is 6.71. The monoisotopic (exact) mass is 378 g/mol. The summed E-state index contributed by atoms with van der Waals surface area (Å²) in [6.45, 7) is 0. The van der Waals surface area contributed by atoms with Crippen LogP contribution in [-0.4, -0.2) is 6.26 Å². The van der Waals surface area contributed by atoms with Gasteiger partial charge in [0.15, 0.2) is 0 Å². The van der Waals surface area contributed by atoms with E-state index in [1.54, 1.807) is 23.1 Å². The second-order valence-corrected chi connectivity index (χ2v) is 7.84. The Labute approximate surface area is 140 Å². The lowest BCUT2D eigenvalue weighted by atomic mass is 10.0.